The second kappa shape index (κ2) is 11.0. The fourth-order valence-corrected chi connectivity index (χ4v) is 6.70. The molecule has 0 fully saturated rings. The van der Waals surface area contributed by atoms with Crippen LogP contribution in [0.2, 0.25) is 0 Å². The van der Waals surface area contributed by atoms with E-state index in [0.29, 0.717) is 35.1 Å². The fourth-order valence-electron chi connectivity index (χ4n) is 6.70. The Kier molecular flexibility index (Phi) is 5.67. The van der Waals surface area contributed by atoms with E-state index >= 15 is 0 Å². The lowest BCUT2D eigenvalue weighted by molar-refractivity contribution is 0.665. The third kappa shape index (κ3) is 4.74. The SMILES string of the molecule is [2H]C([2H])([2H])c1cc(-c2cccc3c2ccc2ccccc23)cc2c1oc1cccc(Cc3nc(-c4ccccc4)nc(-c4ccccc4)n3)c12. The highest BCUT2D eigenvalue weighted by Crippen LogP contribution is 2.40. The number of rotatable bonds is 5. The summed E-state index contributed by atoms with van der Waals surface area (Å²) in [6.07, 6.45) is 0.391. The Labute approximate surface area is 276 Å². The molecule has 0 spiro atoms. The first kappa shape index (κ1) is 24.1. The van der Waals surface area contributed by atoms with Crippen molar-refractivity contribution in [2.24, 2.45) is 0 Å². The zero-order valence-electron chi connectivity index (χ0n) is 28.3. The number of hydrogen-bond acceptors (Lipinski definition) is 4. The number of nitrogens with zero attached hydrogens (tertiary/aromatic N) is 3. The zero-order valence-corrected chi connectivity index (χ0v) is 25.3. The normalized spacial score (nSPS) is 12.8. The average Bonchev–Trinajstić information content (AvgIpc) is 3.54. The number of benzene rings is 7. The topological polar surface area (TPSA) is 51.8 Å². The second-order valence-corrected chi connectivity index (χ2v) is 11.8. The molecule has 222 valence electrons. The fraction of sp³-hybridized carbons (Fsp3) is 0.0465. The van der Waals surface area contributed by atoms with Crippen molar-refractivity contribution in [1.29, 1.82) is 0 Å². The molecule has 2 heterocycles. The Bertz CT molecular complexity index is 2660. The van der Waals surface area contributed by atoms with E-state index in [-0.39, 0.29) is 5.56 Å². The Morgan fingerprint density at radius 3 is 2.02 bits per heavy atom. The smallest absolute Gasteiger partial charge is 0.163 e. The summed E-state index contributed by atoms with van der Waals surface area (Å²) in [6, 6.07) is 48.3. The highest BCUT2D eigenvalue weighted by atomic mass is 16.3. The van der Waals surface area contributed by atoms with Crippen LogP contribution in [0.4, 0.5) is 0 Å². The Morgan fingerprint density at radius 2 is 1.26 bits per heavy atom. The highest BCUT2D eigenvalue weighted by molar-refractivity contribution is 6.14. The van der Waals surface area contributed by atoms with Gasteiger partial charge in [-0.15, -0.1) is 0 Å². The van der Waals surface area contributed by atoms with Crippen LogP contribution >= 0.6 is 0 Å². The standard InChI is InChI=1S/C43H29N3O/c1-27-24-32(34-19-11-20-35-33-18-9-8-12-28(33)22-23-36(34)35)25-37-40-31(17-10-21-38(40)47-41(27)37)26-39-44-42(29-13-4-2-5-14-29)46-43(45-39)30-15-6-3-7-16-30/h2-25H,26H2,1H3/i1D3. The van der Waals surface area contributed by atoms with E-state index in [1.165, 1.54) is 0 Å². The minimum atomic E-state index is -2.40. The minimum Gasteiger partial charge on any atom is -0.456 e. The van der Waals surface area contributed by atoms with Crippen molar-refractivity contribution in [3.05, 3.63) is 163 Å². The summed E-state index contributed by atoms with van der Waals surface area (Å²) < 4.78 is 32.0. The largest absolute Gasteiger partial charge is 0.456 e. The molecule has 9 rings (SSSR count). The Morgan fingerprint density at radius 1 is 0.553 bits per heavy atom. The summed E-state index contributed by atoms with van der Waals surface area (Å²) in [5.41, 5.74) is 5.68. The van der Waals surface area contributed by atoms with Crippen LogP contribution in [-0.2, 0) is 6.42 Å². The van der Waals surface area contributed by atoms with E-state index in [1.807, 2.05) is 97.1 Å². The second-order valence-electron chi connectivity index (χ2n) is 11.8. The maximum atomic E-state index is 8.55. The molecule has 0 unspecified atom stereocenters. The maximum absolute atomic E-state index is 8.55. The number of hydrogen-bond donors (Lipinski definition) is 0. The molecule has 0 amide bonds. The molecule has 0 saturated heterocycles. The van der Waals surface area contributed by atoms with Gasteiger partial charge in [-0.25, -0.2) is 15.0 Å². The highest BCUT2D eigenvalue weighted by Gasteiger charge is 2.18. The molecule has 0 aliphatic carbocycles. The molecule has 0 aliphatic heterocycles. The monoisotopic (exact) mass is 606 g/mol. The lowest BCUT2D eigenvalue weighted by atomic mass is 9.92. The van der Waals surface area contributed by atoms with Crippen molar-refractivity contribution in [2.45, 2.75) is 13.3 Å². The quantitative estimate of drug-likeness (QED) is 0.183. The number of aryl methyl sites for hydroxylation is 1. The summed E-state index contributed by atoms with van der Waals surface area (Å²) in [5, 5.41) is 6.09. The molecule has 0 radical (unpaired) electrons. The average molecular weight is 607 g/mol. The third-order valence-corrected chi connectivity index (χ3v) is 8.87. The molecule has 0 aliphatic rings. The van der Waals surface area contributed by atoms with Crippen LogP contribution in [0.15, 0.2) is 150 Å². The van der Waals surface area contributed by atoms with Crippen LogP contribution in [0.1, 0.15) is 21.1 Å². The molecule has 2 aromatic heterocycles. The maximum Gasteiger partial charge on any atom is 0.163 e. The zero-order chi connectivity index (χ0) is 33.8. The molecular weight excluding hydrogens is 574 g/mol. The molecule has 4 nitrogen and oxygen atoms in total. The Hall–Kier alpha value is -6.13. The molecule has 7 aromatic carbocycles. The summed E-state index contributed by atoms with van der Waals surface area (Å²) in [6.45, 7) is -2.40. The predicted octanol–water partition coefficient (Wildman–Crippen LogP) is 11.0. The summed E-state index contributed by atoms with van der Waals surface area (Å²) in [5.74, 6) is 1.79. The first-order valence-electron chi connectivity index (χ1n) is 17.2. The van der Waals surface area contributed by atoms with Crippen molar-refractivity contribution in [2.75, 3.05) is 0 Å². The number of aromatic nitrogens is 3. The predicted molar refractivity (Wildman–Crippen MR) is 192 cm³/mol. The van der Waals surface area contributed by atoms with Gasteiger partial charge in [-0.2, -0.15) is 0 Å². The lowest BCUT2D eigenvalue weighted by Crippen LogP contribution is -2.04. The van der Waals surface area contributed by atoms with Crippen molar-refractivity contribution < 1.29 is 8.53 Å². The van der Waals surface area contributed by atoms with Crippen molar-refractivity contribution >= 4 is 43.5 Å². The minimum absolute atomic E-state index is 0.183. The van der Waals surface area contributed by atoms with E-state index in [1.54, 1.807) is 6.07 Å². The number of furan rings is 1. The molecule has 47 heavy (non-hydrogen) atoms. The van der Waals surface area contributed by atoms with Crippen LogP contribution in [0.25, 0.3) is 77.4 Å². The number of fused-ring (bicyclic) bond motifs is 6. The van der Waals surface area contributed by atoms with Gasteiger partial charge in [0.25, 0.3) is 0 Å². The summed E-state index contributed by atoms with van der Waals surface area (Å²) >= 11 is 0. The van der Waals surface area contributed by atoms with Crippen LogP contribution in [0.3, 0.4) is 0 Å². The van der Waals surface area contributed by atoms with Crippen LogP contribution in [0.5, 0.6) is 0 Å². The molecule has 0 bridgehead atoms. The van der Waals surface area contributed by atoms with E-state index in [0.717, 1.165) is 60.1 Å². The van der Waals surface area contributed by atoms with Gasteiger partial charge in [-0.1, -0.05) is 127 Å². The van der Waals surface area contributed by atoms with Crippen LogP contribution in [0, 0.1) is 6.85 Å². The Balaban J connectivity index is 1.25. The third-order valence-electron chi connectivity index (χ3n) is 8.87. The van der Waals surface area contributed by atoms with Crippen LogP contribution in [-0.4, -0.2) is 15.0 Å². The summed E-state index contributed by atoms with van der Waals surface area (Å²) in [4.78, 5) is 14.7. The van der Waals surface area contributed by atoms with Gasteiger partial charge in [0, 0.05) is 32.4 Å². The van der Waals surface area contributed by atoms with Gasteiger partial charge in [0.1, 0.15) is 17.0 Å². The van der Waals surface area contributed by atoms with Gasteiger partial charge in [0.2, 0.25) is 0 Å². The molecule has 0 saturated carbocycles. The molecule has 0 N–H and O–H groups in total. The van der Waals surface area contributed by atoms with Gasteiger partial charge in [-0.3, -0.25) is 0 Å². The molecule has 0 atom stereocenters. The van der Waals surface area contributed by atoms with Crippen molar-refractivity contribution in [3.63, 3.8) is 0 Å². The van der Waals surface area contributed by atoms with Gasteiger partial charge in [0.05, 0.1) is 0 Å². The van der Waals surface area contributed by atoms with E-state index in [2.05, 4.69) is 42.5 Å². The van der Waals surface area contributed by atoms with E-state index < -0.39 is 6.85 Å². The first-order chi connectivity index (χ1) is 24.4. The molecule has 9 aromatic rings. The van der Waals surface area contributed by atoms with Gasteiger partial charge in [0.15, 0.2) is 11.6 Å². The van der Waals surface area contributed by atoms with Crippen molar-refractivity contribution in [1.82, 2.24) is 15.0 Å². The van der Waals surface area contributed by atoms with Crippen LogP contribution < -0.4 is 0 Å². The van der Waals surface area contributed by atoms with Gasteiger partial charge >= 0.3 is 0 Å². The first-order valence-corrected chi connectivity index (χ1v) is 15.7. The van der Waals surface area contributed by atoms with E-state index in [9.17, 15) is 0 Å². The lowest BCUT2D eigenvalue weighted by Gasteiger charge is -2.11. The van der Waals surface area contributed by atoms with Crippen molar-refractivity contribution in [3.8, 4) is 33.9 Å². The van der Waals surface area contributed by atoms with Gasteiger partial charge in [-0.05, 0) is 68.8 Å². The summed E-state index contributed by atoms with van der Waals surface area (Å²) in [7, 11) is 0. The van der Waals surface area contributed by atoms with E-state index in [4.69, 9.17) is 23.5 Å². The van der Waals surface area contributed by atoms with Gasteiger partial charge < -0.3 is 4.42 Å². The molecule has 4 heteroatoms. The molecular formula is C43H29N3O.